The van der Waals surface area contributed by atoms with Gasteiger partial charge in [0.2, 0.25) is 0 Å². The van der Waals surface area contributed by atoms with Gasteiger partial charge in [-0.05, 0) is 103 Å². The van der Waals surface area contributed by atoms with E-state index < -0.39 is 11.1 Å². The van der Waals surface area contributed by atoms with E-state index in [9.17, 15) is 8.76 Å². The van der Waals surface area contributed by atoms with Crippen molar-refractivity contribution in [3.05, 3.63) is 124 Å². The maximum atomic E-state index is 11.2. The van der Waals surface area contributed by atoms with Crippen molar-refractivity contribution < 1.29 is 18.2 Å². The molecule has 188 valence electrons. The standard InChI is InChI=1S/C16H18O.C15H16O3S/c1-12-4-5-13(2)15(10-12)11-14-6-8-16(17-3)9-7-14;1-11-3-8-15(19(16)17)13(9-11)10-12-4-6-14(18-2)7-5-12/h4-10H,11H2,1-3H3;3-9H,10H2,1-2H3,(H,16,17)/p-1. The summed E-state index contributed by atoms with van der Waals surface area (Å²) in [5.74, 6) is 1.70. The Hall–Kier alpha value is -3.41. The van der Waals surface area contributed by atoms with Crippen LogP contribution in [-0.4, -0.2) is 23.0 Å². The first kappa shape index (κ1) is 27.2. The Morgan fingerprint density at radius 2 is 1.08 bits per heavy atom. The van der Waals surface area contributed by atoms with Gasteiger partial charge in [0.15, 0.2) is 0 Å². The van der Waals surface area contributed by atoms with E-state index in [1.54, 1.807) is 20.3 Å². The number of hydrogen-bond acceptors (Lipinski definition) is 4. The highest BCUT2D eigenvalue weighted by Gasteiger charge is 2.05. The van der Waals surface area contributed by atoms with E-state index in [2.05, 4.69) is 44.2 Å². The third-order valence-corrected chi connectivity index (χ3v) is 6.76. The maximum Gasteiger partial charge on any atom is 0.118 e. The number of methoxy groups -OCH3 is 2. The van der Waals surface area contributed by atoms with Crippen molar-refractivity contribution in [3.63, 3.8) is 0 Å². The molecule has 5 heteroatoms. The quantitative estimate of drug-likeness (QED) is 0.263. The fourth-order valence-electron chi connectivity index (χ4n) is 3.93. The third-order valence-electron chi connectivity index (χ3n) is 6.01. The molecule has 36 heavy (non-hydrogen) atoms. The van der Waals surface area contributed by atoms with Gasteiger partial charge in [0.05, 0.1) is 14.2 Å². The second-order valence-corrected chi connectivity index (χ2v) is 9.73. The summed E-state index contributed by atoms with van der Waals surface area (Å²) >= 11 is -2.20. The van der Waals surface area contributed by atoms with Crippen molar-refractivity contribution in [2.75, 3.05) is 14.2 Å². The van der Waals surface area contributed by atoms with Crippen LogP contribution in [0.25, 0.3) is 0 Å². The van der Waals surface area contributed by atoms with Gasteiger partial charge in [-0.3, -0.25) is 4.21 Å². The first-order valence-electron chi connectivity index (χ1n) is 11.8. The summed E-state index contributed by atoms with van der Waals surface area (Å²) in [7, 11) is 3.31. The van der Waals surface area contributed by atoms with Crippen LogP contribution in [0.15, 0.2) is 89.8 Å². The summed E-state index contributed by atoms with van der Waals surface area (Å²) in [5, 5.41) is 0. The van der Waals surface area contributed by atoms with E-state index in [1.165, 1.54) is 22.3 Å². The molecule has 0 aliphatic heterocycles. The van der Waals surface area contributed by atoms with Gasteiger partial charge in [-0.25, -0.2) is 0 Å². The molecule has 0 spiro atoms. The number of benzene rings is 4. The molecule has 0 amide bonds. The van der Waals surface area contributed by atoms with Crippen LogP contribution in [0, 0.1) is 20.8 Å². The van der Waals surface area contributed by atoms with Crippen molar-refractivity contribution in [3.8, 4) is 11.5 Å². The number of hydrogen-bond donors (Lipinski definition) is 0. The SMILES string of the molecule is COc1ccc(Cc2cc(C)ccc2C)cc1.COc1ccc(Cc2cc(C)ccc2S(=O)[O-])cc1. The van der Waals surface area contributed by atoms with Crippen LogP contribution in [-0.2, 0) is 23.9 Å². The summed E-state index contributed by atoms with van der Waals surface area (Å²) in [6.45, 7) is 6.25. The molecule has 0 aliphatic rings. The van der Waals surface area contributed by atoms with Gasteiger partial charge >= 0.3 is 0 Å². The summed E-state index contributed by atoms with van der Waals surface area (Å²) in [5.41, 5.74) is 8.31. The number of aryl methyl sites for hydroxylation is 3. The molecule has 4 rings (SSSR count). The topological polar surface area (TPSA) is 58.6 Å². The molecule has 1 atom stereocenters. The van der Waals surface area contributed by atoms with Crippen LogP contribution >= 0.6 is 0 Å². The van der Waals surface area contributed by atoms with Crippen molar-refractivity contribution in [2.45, 2.75) is 38.5 Å². The van der Waals surface area contributed by atoms with Crippen LogP contribution in [0.1, 0.15) is 38.9 Å². The van der Waals surface area contributed by atoms with E-state index in [-0.39, 0.29) is 0 Å². The van der Waals surface area contributed by atoms with Crippen LogP contribution < -0.4 is 9.47 Å². The minimum absolute atomic E-state index is 0.362. The molecular formula is C31H33O4S-. The minimum atomic E-state index is -2.20. The number of ether oxygens (including phenoxy) is 2. The Balaban J connectivity index is 0.000000202. The lowest BCUT2D eigenvalue weighted by Gasteiger charge is -2.13. The number of rotatable bonds is 7. The largest absolute Gasteiger partial charge is 0.768 e. The second kappa shape index (κ2) is 13.1. The summed E-state index contributed by atoms with van der Waals surface area (Å²) in [6, 6.07) is 27.9. The fourth-order valence-corrected chi connectivity index (χ4v) is 4.45. The molecular weight excluding hydrogens is 468 g/mol. The molecule has 0 heterocycles. The second-order valence-electron chi connectivity index (χ2n) is 8.83. The van der Waals surface area contributed by atoms with Crippen LogP contribution in [0.3, 0.4) is 0 Å². The van der Waals surface area contributed by atoms with Crippen LogP contribution in [0.2, 0.25) is 0 Å². The molecule has 0 aliphatic carbocycles. The van der Waals surface area contributed by atoms with Crippen LogP contribution in [0.4, 0.5) is 0 Å². The van der Waals surface area contributed by atoms with E-state index in [4.69, 9.17) is 9.47 Å². The zero-order chi connectivity index (χ0) is 26.1. The Morgan fingerprint density at radius 1 is 0.639 bits per heavy atom. The van der Waals surface area contributed by atoms with E-state index >= 15 is 0 Å². The third kappa shape index (κ3) is 7.80. The van der Waals surface area contributed by atoms with Gasteiger partial charge in [0.1, 0.15) is 11.5 Å². The fraction of sp³-hybridized carbons (Fsp3) is 0.226. The van der Waals surface area contributed by atoms with Gasteiger partial charge in [-0.2, -0.15) is 0 Å². The summed E-state index contributed by atoms with van der Waals surface area (Å²) < 4.78 is 32.7. The lowest BCUT2D eigenvalue weighted by molar-refractivity contribution is 0.414. The molecule has 4 aromatic rings. The molecule has 1 unspecified atom stereocenters. The monoisotopic (exact) mass is 501 g/mol. The highest BCUT2D eigenvalue weighted by molar-refractivity contribution is 7.79. The average molecular weight is 502 g/mol. The molecule has 4 nitrogen and oxygen atoms in total. The highest BCUT2D eigenvalue weighted by atomic mass is 32.2. The Morgan fingerprint density at radius 3 is 1.56 bits per heavy atom. The molecule has 0 saturated carbocycles. The molecule has 0 radical (unpaired) electrons. The Bertz CT molecular complexity index is 1300. The van der Waals surface area contributed by atoms with Crippen molar-refractivity contribution in [2.24, 2.45) is 0 Å². The average Bonchev–Trinajstić information content (AvgIpc) is 2.87. The predicted octanol–water partition coefficient (Wildman–Crippen LogP) is 6.74. The molecule has 0 N–H and O–H groups in total. The first-order valence-corrected chi connectivity index (χ1v) is 12.9. The van der Waals surface area contributed by atoms with Crippen molar-refractivity contribution >= 4 is 11.1 Å². The normalized spacial score (nSPS) is 11.3. The minimum Gasteiger partial charge on any atom is -0.768 e. The summed E-state index contributed by atoms with van der Waals surface area (Å²) in [4.78, 5) is 0.362. The van der Waals surface area contributed by atoms with Gasteiger partial charge < -0.3 is 14.0 Å². The van der Waals surface area contributed by atoms with Gasteiger partial charge in [0.25, 0.3) is 0 Å². The summed E-state index contributed by atoms with van der Waals surface area (Å²) in [6.07, 6.45) is 1.58. The smallest absolute Gasteiger partial charge is 0.118 e. The molecule has 0 saturated heterocycles. The van der Waals surface area contributed by atoms with Gasteiger partial charge in [-0.15, -0.1) is 0 Å². The Labute approximate surface area is 217 Å². The van der Waals surface area contributed by atoms with Crippen molar-refractivity contribution in [1.29, 1.82) is 0 Å². The zero-order valence-corrected chi connectivity index (χ0v) is 22.4. The van der Waals surface area contributed by atoms with E-state index in [0.29, 0.717) is 11.3 Å². The first-order chi connectivity index (χ1) is 17.3. The molecule has 0 bridgehead atoms. The zero-order valence-electron chi connectivity index (χ0n) is 21.5. The van der Waals surface area contributed by atoms with Gasteiger partial charge in [-0.1, -0.05) is 65.7 Å². The van der Waals surface area contributed by atoms with E-state index in [0.717, 1.165) is 34.6 Å². The van der Waals surface area contributed by atoms with Crippen LogP contribution in [0.5, 0.6) is 11.5 Å². The molecule has 0 fully saturated rings. The highest BCUT2D eigenvalue weighted by Crippen LogP contribution is 2.21. The van der Waals surface area contributed by atoms with Gasteiger partial charge in [0, 0.05) is 4.90 Å². The lowest BCUT2D eigenvalue weighted by atomic mass is 9.99. The molecule has 0 aromatic heterocycles. The Kier molecular flexibility index (Phi) is 9.86. The van der Waals surface area contributed by atoms with E-state index in [1.807, 2.05) is 55.5 Å². The van der Waals surface area contributed by atoms with Crippen molar-refractivity contribution in [1.82, 2.24) is 0 Å². The maximum absolute atomic E-state index is 11.2. The molecule has 4 aromatic carbocycles. The lowest BCUT2D eigenvalue weighted by Crippen LogP contribution is -1.99. The predicted molar refractivity (Wildman–Crippen MR) is 146 cm³/mol.